The minimum absolute atomic E-state index is 0.318. The molecule has 0 amide bonds. The van der Waals surface area contributed by atoms with Gasteiger partial charge in [0.15, 0.2) is 0 Å². The number of nitrogens with two attached hydrogens (primary N) is 1. The number of nitrogen functional groups attached to an aromatic ring is 1. The van der Waals surface area contributed by atoms with Crippen molar-refractivity contribution >= 4 is 17.8 Å². The summed E-state index contributed by atoms with van der Waals surface area (Å²) >= 11 is 0. The van der Waals surface area contributed by atoms with Gasteiger partial charge in [-0.25, -0.2) is 0 Å². The van der Waals surface area contributed by atoms with Crippen LogP contribution >= 0.6 is 0 Å². The maximum Gasteiger partial charge on any atom is 0.293 e. The molecule has 1 aliphatic heterocycles. The molecule has 0 aliphatic carbocycles. The minimum atomic E-state index is -0.318. The average molecular weight is 309 g/mol. The molecular formula is C16H27N3O3. The van der Waals surface area contributed by atoms with E-state index >= 15 is 0 Å². The van der Waals surface area contributed by atoms with Gasteiger partial charge in [0.25, 0.3) is 6.47 Å². The Labute approximate surface area is 132 Å². The molecule has 1 aromatic carbocycles. The van der Waals surface area contributed by atoms with Gasteiger partial charge in [0.2, 0.25) is 0 Å². The van der Waals surface area contributed by atoms with Gasteiger partial charge in [0.05, 0.1) is 12.8 Å². The molecule has 1 aromatic rings. The number of rotatable bonds is 3. The molecule has 0 saturated carbocycles. The van der Waals surface area contributed by atoms with Gasteiger partial charge in [-0.15, -0.1) is 0 Å². The second-order valence-corrected chi connectivity index (χ2v) is 5.99. The van der Waals surface area contributed by atoms with E-state index in [9.17, 15) is 4.79 Å². The summed E-state index contributed by atoms with van der Waals surface area (Å²) in [6, 6.07) is 5.94. The van der Waals surface area contributed by atoms with Crippen LogP contribution in [0.25, 0.3) is 0 Å². The molecule has 0 spiro atoms. The normalized spacial score (nSPS) is 14.6. The number of hydrogen-bond acceptors (Lipinski definition) is 6. The fraction of sp³-hybridized carbons (Fsp3) is 0.562. The first-order chi connectivity index (χ1) is 10.4. The van der Waals surface area contributed by atoms with Crippen molar-refractivity contribution in [2.45, 2.75) is 26.4 Å². The number of piperazine rings is 1. The molecule has 6 heteroatoms. The Morgan fingerprint density at radius 3 is 2.36 bits per heavy atom. The Balaban J connectivity index is 0.000000295. The second-order valence-electron chi connectivity index (χ2n) is 5.99. The highest BCUT2D eigenvalue weighted by molar-refractivity contribution is 5.62. The molecule has 2 rings (SSSR count). The van der Waals surface area contributed by atoms with Crippen LogP contribution < -0.4 is 20.7 Å². The van der Waals surface area contributed by atoms with E-state index in [2.05, 4.69) is 15.0 Å². The highest BCUT2D eigenvalue weighted by atomic mass is 16.5. The fourth-order valence-electron chi connectivity index (χ4n) is 1.96. The molecule has 1 fully saturated rings. The lowest BCUT2D eigenvalue weighted by molar-refractivity contribution is -0.138. The van der Waals surface area contributed by atoms with Crippen molar-refractivity contribution in [2.75, 3.05) is 43.9 Å². The van der Waals surface area contributed by atoms with E-state index in [1.807, 2.05) is 39.0 Å². The molecule has 3 N–H and O–H groups in total. The number of anilines is 2. The number of ether oxygens (including phenoxy) is 2. The number of benzene rings is 1. The van der Waals surface area contributed by atoms with Gasteiger partial charge in [-0.05, 0) is 32.9 Å². The van der Waals surface area contributed by atoms with Crippen LogP contribution in [-0.2, 0) is 9.53 Å². The smallest absolute Gasteiger partial charge is 0.293 e. The van der Waals surface area contributed by atoms with Gasteiger partial charge in [-0.1, -0.05) is 0 Å². The Bertz CT molecular complexity index is 466. The standard InChI is InChI=1S/C11H17N3O.C5H10O2/c1-15-11-8-9(2-3-10(11)12)14-6-4-13-5-7-14;1-5(2,3)7-4-6/h2-3,8,13H,4-7,12H2,1H3;4H,1-3H3. The zero-order valence-corrected chi connectivity index (χ0v) is 13.9. The fourth-order valence-corrected chi connectivity index (χ4v) is 1.96. The maximum absolute atomic E-state index is 9.60. The monoisotopic (exact) mass is 309 g/mol. The van der Waals surface area contributed by atoms with Crippen molar-refractivity contribution in [3.63, 3.8) is 0 Å². The summed E-state index contributed by atoms with van der Waals surface area (Å²) in [4.78, 5) is 11.9. The van der Waals surface area contributed by atoms with E-state index in [0.717, 1.165) is 31.9 Å². The van der Waals surface area contributed by atoms with E-state index < -0.39 is 0 Å². The van der Waals surface area contributed by atoms with Crippen LogP contribution in [-0.4, -0.2) is 45.4 Å². The Morgan fingerprint density at radius 1 is 1.27 bits per heavy atom. The van der Waals surface area contributed by atoms with Crippen LogP contribution in [0.4, 0.5) is 11.4 Å². The van der Waals surface area contributed by atoms with Gasteiger partial charge in [-0.2, -0.15) is 0 Å². The first-order valence-corrected chi connectivity index (χ1v) is 7.38. The van der Waals surface area contributed by atoms with E-state index in [1.165, 1.54) is 5.69 Å². The average Bonchev–Trinajstić information content (AvgIpc) is 2.48. The first-order valence-electron chi connectivity index (χ1n) is 7.38. The molecule has 6 nitrogen and oxygen atoms in total. The number of hydrogen-bond donors (Lipinski definition) is 2. The highest BCUT2D eigenvalue weighted by Crippen LogP contribution is 2.27. The largest absolute Gasteiger partial charge is 0.495 e. The van der Waals surface area contributed by atoms with Crippen molar-refractivity contribution in [1.29, 1.82) is 0 Å². The van der Waals surface area contributed by atoms with Crippen molar-refractivity contribution in [2.24, 2.45) is 0 Å². The van der Waals surface area contributed by atoms with Crippen LogP contribution in [0.5, 0.6) is 5.75 Å². The van der Waals surface area contributed by atoms with Gasteiger partial charge in [0.1, 0.15) is 11.4 Å². The summed E-state index contributed by atoms with van der Waals surface area (Å²) in [6.07, 6.45) is 0. The zero-order chi connectivity index (χ0) is 16.6. The number of methoxy groups -OCH3 is 1. The van der Waals surface area contributed by atoms with E-state index in [-0.39, 0.29) is 5.60 Å². The van der Waals surface area contributed by atoms with Gasteiger partial charge in [0, 0.05) is 37.9 Å². The summed E-state index contributed by atoms with van der Waals surface area (Å²) in [7, 11) is 1.65. The molecule has 1 heterocycles. The molecular weight excluding hydrogens is 282 g/mol. The van der Waals surface area contributed by atoms with Crippen molar-refractivity contribution in [3.8, 4) is 5.75 Å². The topological polar surface area (TPSA) is 76.8 Å². The van der Waals surface area contributed by atoms with Gasteiger partial charge in [-0.3, -0.25) is 4.79 Å². The third-order valence-electron chi connectivity index (χ3n) is 3.10. The minimum Gasteiger partial charge on any atom is -0.495 e. The number of carbonyl (C=O) groups excluding carboxylic acids is 1. The summed E-state index contributed by atoms with van der Waals surface area (Å²) in [5.41, 5.74) is 7.33. The number of nitrogens with one attached hydrogen (secondary N) is 1. The number of carbonyl (C=O) groups is 1. The Hall–Kier alpha value is -1.95. The summed E-state index contributed by atoms with van der Waals surface area (Å²) in [5.74, 6) is 0.756. The molecule has 22 heavy (non-hydrogen) atoms. The first kappa shape index (κ1) is 18.1. The Kier molecular flexibility index (Phi) is 6.98. The van der Waals surface area contributed by atoms with Crippen LogP contribution in [0.15, 0.2) is 18.2 Å². The lowest BCUT2D eigenvalue weighted by Crippen LogP contribution is -2.43. The van der Waals surface area contributed by atoms with Gasteiger partial charge >= 0.3 is 0 Å². The van der Waals surface area contributed by atoms with E-state index in [1.54, 1.807) is 7.11 Å². The summed E-state index contributed by atoms with van der Waals surface area (Å²) in [5, 5.41) is 3.33. The molecule has 1 saturated heterocycles. The molecule has 0 atom stereocenters. The van der Waals surface area contributed by atoms with Crippen LogP contribution in [0.2, 0.25) is 0 Å². The van der Waals surface area contributed by atoms with Crippen LogP contribution in [0.3, 0.4) is 0 Å². The summed E-state index contributed by atoms with van der Waals surface area (Å²) in [6.45, 7) is 10.1. The third-order valence-corrected chi connectivity index (χ3v) is 3.10. The lowest BCUT2D eigenvalue weighted by atomic mass is 10.2. The lowest BCUT2D eigenvalue weighted by Gasteiger charge is -2.29. The SMILES string of the molecule is CC(C)(C)OC=O.COc1cc(N2CCNCC2)ccc1N. The van der Waals surface area contributed by atoms with E-state index in [0.29, 0.717) is 12.2 Å². The Morgan fingerprint density at radius 2 is 1.91 bits per heavy atom. The van der Waals surface area contributed by atoms with Crippen molar-refractivity contribution < 1.29 is 14.3 Å². The van der Waals surface area contributed by atoms with Crippen LogP contribution in [0, 0.1) is 0 Å². The van der Waals surface area contributed by atoms with Crippen molar-refractivity contribution in [3.05, 3.63) is 18.2 Å². The predicted octanol–water partition coefficient (Wildman–Crippen LogP) is 1.64. The predicted molar refractivity (Wildman–Crippen MR) is 89.4 cm³/mol. The molecule has 0 aromatic heterocycles. The maximum atomic E-state index is 9.60. The zero-order valence-electron chi connectivity index (χ0n) is 13.9. The molecule has 0 radical (unpaired) electrons. The third kappa shape index (κ3) is 6.22. The molecule has 0 unspecified atom stereocenters. The van der Waals surface area contributed by atoms with Gasteiger partial charge < -0.3 is 25.4 Å². The summed E-state index contributed by atoms with van der Waals surface area (Å²) < 4.78 is 9.76. The van der Waals surface area contributed by atoms with Crippen LogP contribution in [0.1, 0.15) is 20.8 Å². The van der Waals surface area contributed by atoms with E-state index in [4.69, 9.17) is 10.5 Å². The number of nitrogens with zero attached hydrogens (tertiary/aromatic N) is 1. The second kappa shape index (κ2) is 8.48. The highest BCUT2D eigenvalue weighted by Gasteiger charge is 2.11. The van der Waals surface area contributed by atoms with Crippen molar-refractivity contribution in [1.82, 2.24) is 5.32 Å². The quantitative estimate of drug-likeness (QED) is 0.653. The molecule has 0 bridgehead atoms. The molecule has 124 valence electrons. The molecule has 1 aliphatic rings.